The van der Waals surface area contributed by atoms with Crippen molar-refractivity contribution in [2.75, 3.05) is 19.6 Å². The van der Waals surface area contributed by atoms with Gasteiger partial charge in [-0.05, 0) is 18.9 Å². The molecule has 0 unspecified atom stereocenters. The molecular formula is C15H19N3O2. The summed E-state index contributed by atoms with van der Waals surface area (Å²) in [5.41, 5.74) is 7.39. The zero-order valence-corrected chi connectivity index (χ0v) is 11.6. The standard InChI is InChI=1S/C15H19N3O2/c1-12-14(20-11-17-12)15(19)18(10-8-16)9-7-13-5-3-2-4-6-13/h2-6,11H,7-10,16H2,1H3. The normalized spacial score (nSPS) is 10.5. The largest absolute Gasteiger partial charge is 0.438 e. The summed E-state index contributed by atoms with van der Waals surface area (Å²) in [6.07, 6.45) is 2.08. The molecule has 0 aliphatic heterocycles. The van der Waals surface area contributed by atoms with Crippen molar-refractivity contribution in [3.05, 3.63) is 53.7 Å². The number of amides is 1. The molecular weight excluding hydrogens is 254 g/mol. The van der Waals surface area contributed by atoms with Crippen LogP contribution in [0, 0.1) is 6.92 Å². The lowest BCUT2D eigenvalue weighted by molar-refractivity contribution is 0.0729. The minimum absolute atomic E-state index is 0.151. The van der Waals surface area contributed by atoms with Gasteiger partial charge in [-0.3, -0.25) is 4.79 Å². The Kier molecular flexibility index (Phi) is 4.90. The highest BCUT2D eigenvalue weighted by Gasteiger charge is 2.20. The van der Waals surface area contributed by atoms with Crippen molar-refractivity contribution in [1.82, 2.24) is 9.88 Å². The van der Waals surface area contributed by atoms with E-state index in [2.05, 4.69) is 4.98 Å². The van der Waals surface area contributed by atoms with Crippen LogP contribution in [-0.2, 0) is 6.42 Å². The predicted molar refractivity (Wildman–Crippen MR) is 76.3 cm³/mol. The highest BCUT2D eigenvalue weighted by Crippen LogP contribution is 2.10. The molecule has 0 aliphatic carbocycles. The minimum Gasteiger partial charge on any atom is -0.438 e. The van der Waals surface area contributed by atoms with E-state index in [4.69, 9.17) is 10.2 Å². The summed E-state index contributed by atoms with van der Waals surface area (Å²) >= 11 is 0. The lowest BCUT2D eigenvalue weighted by Crippen LogP contribution is -2.37. The molecule has 20 heavy (non-hydrogen) atoms. The molecule has 1 aromatic carbocycles. The molecule has 2 aromatic rings. The number of hydrogen-bond donors (Lipinski definition) is 1. The Morgan fingerprint density at radius 1 is 1.30 bits per heavy atom. The molecule has 0 saturated heterocycles. The Morgan fingerprint density at radius 3 is 2.65 bits per heavy atom. The SMILES string of the molecule is Cc1ncoc1C(=O)N(CCN)CCc1ccccc1. The summed E-state index contributed by atoms with van der Waals surface area (Å²) in [4.78, 5) is 18.0. The number of rotatable bonds is 6. The molecule has 106 valence electrons. The first-order valence-corrected chi connectivity index (χ1v) is 6.65. The number of nitrogens with zero attached hydrogens (tertiary/aromatic N) is 2. The number of aromatic nitrogens is 1. The summed E-state index contributed by atoms with van der Waals surface area (Å²) in [6.45, 7) is 3.30. The van der Waals surface area contributed by atoms with Gasteiger partial charge in [0.1, 0.15) is 0 Å². The van der Waals surface area contributed by atoms with Crippen molar-refractivity contribution in [3.8, 4) is 0 Å². The van der Waals surface area contributed by atoms with Gasteiger partial charge in [-0.25, -0.2) is 4.98 Å². The van der Waals surface area contributed by atoms with E-state index in [0.29, 0.717) is 31.1 Å². The maximum Gasteiger partial charge on any atom is 0.291 e. The Morgan fingerprint density at radius 2 is 2.05 bits per heavy atom. The topological polar surface area (TPSA) is 72.4 Å². The van der Waals surface area contributed by atoms with Crippen LogP contribution in [-0.4, -0.2) is 35.4 Å². The Labute approximate surface area is 118 Å². The van der Waals surface area contributed by atoms with Crippen LogP contribution in [0.15, 0.2) is 41.1 Å². The third-order valence-electron chi connectivity index (χ3n) is 3.14. The van der Waals surface area contributed by atoms with Crippen LogP contribution >= 0.6 is 0 Å². The predicted octanol–water partition coefficient (Wildman–Crippen LogP) is 1.63. The molecule has 1 heterocycles. The van der Waals surface area contributed by atoms with Gasteiger partial charge in [-0.15, -0.1) is 0 Å². The number of carbonyl (C=O) groups excluding carboxylic acids is 1. The van der Waals surface area contributed by atoms with Crippen molar-refractivity contribution in [3.63, 3.8) is 0 Å². The Balaban J connectivity index is 2.03. The lowest BCUT2D eigenvalue weighted by atomic mass is 10.1. The second kappa shape index (κ2) is 6.86. The van der Waals surface area contributed by atoms with E-state index in [1.165, 1.54) is 12.0 Å². The first-order chi connectivity index (χ1) is 9.72. The number of hydrogen-bond acceptors (Lipinski definition) is 4. The second-order valence-electron chi connectivity index (χ2n) is 4.58. The van der Waals surface area contributed by atoms with Crippen molar-refractivity contribution < 1.29 is 9.21 Å². The van der Waals surface area contributed by atoms with Crippen LogP contribution in [0.5, 0.6) is 0 Å². The zero-order valence-electron chi connectivity index (χ0n) is 11.6. The third kappa shape index (κ3) is 3.45. The molecule has 5 heteroatoms. The molecule has 0 spiro atoms. The number of carbonyl (C=O) groups is 1. The monoisotopic (exact) mass is 273 g/mol. The molecule has 0 saturated carbocycles. The van der Waals surface area contributed by atoms with E-state index in [1.54, 1.807) is 11.8 Å². The molecule has 0 atom stereocenters. The first kappa shape index (κ1) is 14.3. The summed E-state index contributed by atoms with van der Waals surface area (Å²) in [7, 11) is 0. The molecule has 1 amide bonds. The van der Waals surface area contributed by atoms with E-state index in [-0.39, 0.29) is 5.91 Å². The summed E-state index contributed by atoms with van der Waals surface area (Å²) in [6, 6.07) is 10.1. The van der Waals surface area contributed by atoms with Gasteiger partial charge < -0.3 is 15.1 Å². The lowest BCUT2D eigenvalue weighted by Gasteiger charge is -2.21. The van der Waals surface area contributed by atoms with Crippen molar-refractivity contribution in [2.45, 2.75) is 13.3 Å². The maximum absolute atomic E-state index is 12.4. The highest BCUT2D eigenvalue weighted by atomic mass is 16.3. The number of benzene rings is 1. The molecule has 0 fully saturated rings. The molecule has 0 aliphatic rings. The molecule has 2 rings (SSSR count). The van der Waals surface area contributed by atoms with Gasteiger partial charge in [0.2, 0.25) is 5.76 Å². The molecule has 2 N–H and O–H groups in total. The van der Waals surface area contributed by atoms with Gasteiger partial charge in [0.25, 0.3) is 5.91 Å². The maximum atomic E-state index is 12.4. The van der Waals surface area contributed by atoms with E-state index in [9.17, 15) is 4.79 Å². The molecule has 0 radical (unpaired) electrons. The summed E-state index contributed by atoms with van der Waals surface area (Å²) < 4.78 is 5.16. The van der Waals surface area contributed by atoms with Gasteiger partial charge >= 0.3 is 0 Å². The van der Waals surface area contributed by atoms with E-state index >= 15 is 0 Å². The van der Waals surface area contributed by atoms with Gasteiger partial charge in [-0.1, -0.05) is 30.3 Å². The smallest absolute Gasteiger partial charge is 0.291 e. The van der Waals surface area contributed by atoms with Crippen LogP contribution in [0.1, 0.15) is 21.8 Å². The highest BCUT2D eigenvalue weighted by molar-refractivity contribution is 5.92. The van der Waals surface area contributed by atoms with Crippen LogP contribution in [0.3, 0.4) is 0 Å². The van der Waals surface area contributed by atoms with E-state index in [0.717, 1.165) is 6.42 Å². The quantitative estimate of drug-likeness (QED) is 0.868. The van der Waals surface area contributed by atoms with Crippen molar-refractivity contribution >= 4 is 5.91 Å². The van der Waals surface area contributed by atoms with Crippen LogP contribution in [0.25, 0.3) is 0 Å². The molecule has 5 nitrogen and oxygen atoms in total. The average Bonchev–Trinajstić information content (AvgIpc) is 2.90. The van der Waals surface area contributed by atoms with E-state index < -0.39 is 0 Å². The van der Waals surface area contributed by atoms with E-state index in [1.807, 2.05) is 30.3 Å². The number of nitrogens with two attached hydrogens (primary N) is 1. The average molecular weight is 273 g/mol. The fraction of sp³-hybridized carbons (Fsp3) is 0.333. The first-order valence-electron chi connectivity index (χ1n) is 6.65. The Bertz CT molecular complexity index is 551. The molecule has 1 aromatic heterocycles. The van der Waals surface area contributed by atoms with Gasteiger partial charge in [-0.2, -0.15) is 0 Å². The van der Waals surface area contributed by atoms with Gasteiger partial charge in [0, 0.05) is 19.6 Å². The van der Waals surface area contributed by atoms with Crippen LogP contribution < -0.4 is 5.73 Å². The van der Waals surface area contributed by atoms with Crippen molar-refractivity contribution in [1.29, 1.82) is 0 Å². The number of aryl methyl sites for hydroxylation is 1. The van der Waals surface area contributed by atoms with Gasteiger partial charge in [0.05, 0.1) is 5.69 Å². The third-order valence-corrected chi connectivity index (χ3v) is 3.14. The summed E-state index contributed by atoms with van der Waals surface area (Å²) in [5, 5.41) is 0. The summed E-state index contributed by atoms with van der Waals surface area (Å²) in [5.74, 6) is 0.146. The minimum atomic E-state index is -0.151. The fourth-order valence-electron chi connectivity index (χ4n) is 2.03. The van der Waals surface area contributed by atoms with Crippen LogP contribution in [0.4, 0.5) is 0 Å². The Hall–Kier alpha value is -2.14. The zero-order chi connectivity index (χ0) is 14.4. The van der Waals surface area contributed by atoms with Crippen molar-refractivity contribution in [2.24, 2.45) is 5.73 Å². The number of oxazole rings is 1. The second-order valence-corrected chi connectivity index (χ2v) is 4.58. The van der Waals surface area contributed by atoms with Crippen LogP contribution in [0.2, 0.25) is 0 Å². The van der Waals surface area contributed by atoms with Gasteiger partial charge in [0.15, 0.2) is 6.39 Å². The molecule has 0 bridgehead atoms. The fourth-order valence-corrected chi connectivity index (χ4v) is 2.03.